The average Bonchev–Trinajstić information content (AvgIpc) is 2.39. The van der Waals surface area contributed by atoms with Crippen LogP contribution in [0, 0.1) is 11.3 Å². The fourth-order valence-electron chi connectivity index (χ4n) is 3.27. The summed E-state index contributed by atoms with van der Waals surface area (Å²) in [6.45, 7) is 8.90. The predicted molar refractivity (Wildman–Crippen MR) is 71.5 cm³/mol. The molecule has 3 nitrogen and oxygen atoms in total. The molecule has 1 N–H and O–H groups in total. The van der Waals surface area contributed by atoms with E-state index < -0.39 is 0 Å². The molecule has 18 heavy (non-hydrogen) atoms. The second-order valence-electron chi connectivity index (χ2n) is 6.68. The number of aliphatic hydroxyl groups is 1. The minimum Gasteiger partial charge on any atom is -0.392 e. The Bertz CT molecular complexity index is 263. The van der Waals surface area contributed by atoms with Crippen molar-refractivity contribution in [3.63, 3.8) is 0 Å². The first kappa shape index (κ1) is 14.3. The Morgan fingerprint density at radius 2 is 1.94 bits per heavy atom. The highest BCUT2D eigenvalue weighted by molar-refractivity contribution is 4.93. The molecule has 2 aliphatic heterocycles. The van der Waals surface area contributed by atoms with Gasteiger partial charge in [0.2, 0.25) is 0 Å². The van der Waals surface area contributed by atoms with Crippen molar-refractivity contribution in [2.45, 2.75) is 64.6 Å². The molecule has 0 radical (unpaired) electrons. The molecule has 2 heterocycles. The molecule has 2 rings (SSSR count). The third-order valence-electron chi connectivity index (χ3n) is 5.09. The molecule has 2 unspecified atom stereocenters. The Labute approximate surface area is 111 Å². The molecule has 2 fully saturated rings. The summed E-state index contributed by atoms with van der Waals surface area (Å²) >= 11 is 0. The lowest BCUT2D eigenvalue weighted by Crippen LogP contribution is -2.49. The Hall–Kier alpha value is -0.120. The molecule has 0 aromatic heterocycles. The van der Waals surface area contributed by atoms with E-state index in [0.29, 0.717) is 5.92 Å². The van der Waals surface area contributed by atoms with E-state index in [1.54, 1.807) is 0 Å². The first-order valence-electron chi connectivity index (χ1n) is 7.39. The Morgan fingerprint density at radius 1 is 1.28 bits per heavy atom. The summed E-state index contributed by atoms with van der Waals surface area (Å²) in [6, 6.07) is 0. The van der Waals surface area contributed by atoms with Crippen LogP contribution in [0.1, 0.15) is 52.9 Å². The molecule has 0 bridgehead atoms. The van der Waals surface area contributed by atoms with Crippen LogP contribution in [-0.4, -0.2) is 36.6 Å². The predicted octanol–water partition coefficient (Wildman–Crippen LogP) is 2.76. The molecule has 106 valence electrons. The molecule has 0 saturated carbocycles. The SMILES string of the molecule is CCC(C)(C)C(O)C1CCOC2(CCOCC2)C1. The molecule has 3 heteroatoms. The van der Waals surface area contributed by atoms with E-state index in [1.165, 1.54) is 0 Å². The summed E-state index contributed by atoms with van der Waals surface area (Å²) in [7, 11) is 0. The van der Waals surface area contributed by atoms with Gasteiger partial charge in [-0.15, -0.1) is 0 Å². The van der Waals surface area contributed by atoms with Gasteiger partial charge in [-0.2, -0.15) is 0 Å². The number of hydrogen-bond acceptors (Lipinski definition) is 3. The van der Waals surface area contributed by atoms with Crippen molar-refractivity contribution in [1.29, 1.82) is 0 Å². The van der Waals surface area contributed by atoms with E-state index in [9.17, 15) is 5.11 Å². The highest BCUT2D eigenvalue weighted by Crippen LogP contribution is 2.42. The van der Waals surface area contributed by atoms with Crippen molar-refractivity contribution < 1.29 is 14.6 Å². The fraction of sp³-hybridized carbons (Fsp3) is 1.00. The van der Waals surface area contributed by atoms with E-state index in [2.05, 4.69) is 20.8 Å². The third-order valence-corrected chi connectivity index (χ3v) is 5.09. The van der Waals surface area contributed by atoms with Gasteiger partial charge < -0.3 is 14.6 Å². The Morgan fingerprint density at radius 3 is 2.56 bits per heavy atom. The van der Waals surface area contributed by atoms with Gasteiger partial charge in [-0.3, -0.25) is 0 Å². The van der Waals surface area contributed by atoms with Crippen molar-refractivity contribution in [2.24, 2.45) is 11.3 Å². The van der Waals surface area contributed by atoms with E-state index in [4.69, 9.17) is 9.47 Å². The lowest BCUT2D eigenvalue weighted by molar-refractivity contribution is -0.167. The third kappa shape index (κ3) is 2.89. The van der Waals surface area contributed by atoms with Crippen LogP contribution in [-0.2, 0) is 9.47 Å². The molecule has 2 aliphatic rings. The van der Waals surface area contributed by atoms with Gasteiger partial charge in [0.25, 0.3) is 0 Å². The molecular weight excluding hydrogens is 228 g/mol. The highest BCUT2D eigenvalue weighted by atomic mass is 16.5. The first-order valence-corrected chi connectivity index (χ1v) is 7.39. The van der Waals surface area contributed by atoms with Crippen LogP contribution in [0.3, 0.4) is 0 Å². The maximum atomic E-state index is 10.6. The normalized spacial score (nSPS) is 30.3. The topological polar surface area (TPSA) is 38.7 Å². The van der Waals surface area contributed by atoms with Crippen LogP contribution in [0.2, 0.25) is 0 Å². The van der Waals surface area contributed by atoms with Gasteiger partial charge in [-0.25, -0.2) is 0 Å². The summed E-state index contributed by atoms with van der Waals surface area (Å²) < 4.78 is 11.5. The lowest BCUT2D eigenvalue weighted by Gasteiger charge is -2.46. The van der Waals surface area contributed by atoms with E-state index in [0.717, 1.165) is 51.9 Å². The van der Waals surface area contributed by atoms with Crippen LogP contribution < -0.4 is 0 Å². The zero-order chi connectivity index (χ0) is 13.2. The monoisotopic (exact) mass is 256 g/mol. The van der Waals surface area contributed by atoms with Crippen LogP contribution >= 0.6 is 0 Å². The van der Waals surface area contributed by atoms with Crippen LogP contribution in [0.25, 0.3) is 0 Å². The second-order valence-corrected chi connectivity index (χ2v) is 6.68. The van der Waals surface area contributed by atoms with Gasteiger partial charge in [-0.1, -0.05) is 20.8 Å². The average molecular weight is 256 g/mol. The largest absolute Gasteiger partial charge is 0.392 e. The van der Waals surface area contributed by atoms with Crippen LogP contribution in [0.4, 0.5) is 0 Å². The van der Waals surface area contributed by atoms with Crippen molar-refractivity contribution in [3.8, 4) is 0 Å². The van der Waals surface area contributed by atoms with Gasteiger partial charge in [0.05, 0.1) is 11.7 Å². The summed E-state index contributed by atoms with van der Waals surface area (Å²) in [5, 5.41) is 10.6. The molecule has 2 saturated heterocycles. The molecule has 0 amide bonds. The second kappa shape index (κ2) is 5.48. The smallest absolute Gasteiger partial charge is 0.0730 e. The van der Waals surface area contributed by atoms with Crippen LogP contribution in [0.15, 0.2) is 0 Å². The maximum absolute atomic E-state index is 10.6. The molecule has 0 aromatic carbocycles. The van der Waals surface area contributed by atoms with E-state index >= 15 is 0 Å². The Balaban J connectivity index is 2.02. The lowest BCUT2D eigenvalue weighted by atomic mass is 9.70. The fourth-order valence-corrected chi connectivity index (χ4v) is 3.27. The number of hydrogen-bond donors (Lipinski definition) is 1. The standard InChI is InChI=1S/C15H28O3/c1-4-14(2,3)13(16)12-5-8-18-15(11-12)6-9-17-10-7-15/h12-13,16H,4-11H2,1-3H3. The first-order chi connectivity index (χ1) is 8.49. The van der Waals surface area contributed by atoms with Crippen molar-refractivity contribution in [3.05, 3.63) is 0 Å². The van der Waals surface area contributed by atoms with E-state index in [-0.39, 0.29) is 17.1 Å². The van der Waals surface area contributed by atoms with Crippen molar-refractivity contribution in [1.82, 2.24) is 0 Å². The zero-order valence-electron chi connectivity index (χ0n) is 12.1. The van der Waals surface area contributed by atoms with Gasteiger partial charge >= 0.3 is 0 Å². The summed E-state index contributed by atoms with van der Waals surface area (Å²) in [5.41, 5.74) is 0.000329. The Kier molecular flexibility index (Phi) is 4.35. The summed E-state index contributed by atoms with van der Waals surface area (Å²) in [6.07, 6.45) is 4.77. The minimum absolute atomic E-state index is 0.00797. The highest BCUT2D eigenvalue weighted by Gasteiger charge is 2.43. The minimum atomic E-state index is -0.217. The quantitative estimate of drug-likeness (QED) is 0.844. The number of rotatable bonds is 3. The number of aliphatic hydroxyl groups excluding tert-OH is 1. The van der Waals surface area contributed by atoms with Crippen molar-refractivity contribution >= 4 is 0 Å². The van der Waals surface area contributed by atoms with Gasteiger partial charge in [0, 0.05) is 19.8 Å². The molecular formula is C15H28O3. The molecule has 0 aliphatic carbocycles. The maximum Gasteiger partial charge on any atom is 0.0730 e. The number of ether oxygens (including phenoxy) is 2. The van der Waals surface area contributed by atoms with Crippen LogP contribution in [0.5, 0.6) is 0 Å². The zero-order valence-corrected chi connectivity index (χ0v) is 12.1. The molecule has 0 aromatic rings. The van der Waals surface area contributed by atoms with Crippen molar-refractivity contribution in [2.75, 3.05) is 19.8 Å². The van der Waals surface area contributed by atoms with E-state index in [1.807, 2.05) is 0 Å². The molecule has 2 atom stereocenters. The summed E-state index contributed by atoms with van der Waals surface area (Å²) in [5.74, 6) is 0.381. The molecule has 1 spiro atoms. The van der Waals surface area contributed by atoms with Gasteiger partial charge in [0.1, 0.15) is 0 Å². The van der Waals surface area contributed by atoms with Gasteiger partial charge in [0.15, 0.2) is 0 Å². The van der Waals surface area contributed by atoms with Gasteiger partial charge in [-0.05, 0) is 43.4 Å². The summed E-state index contributed by atoms with van der Waals surface area (Å²) in [4.78, 5) is 0.